The van der Waals surface area contributed by atoms with Gasteiger partial charge in [0.2, 0.25) is 5.91 Å². The molecule has 26 heavy (non-hydrogen) atoms. The Bertz CT molecular complexity index is 1050. The molecule has 1 aliphatic carbocycles. The summed E-state index contributed by atoms with van der Waals surface area (Å²) in [5, 5.41) is 4.80. The van der Waals surface area contributed by atoms with Crippen molar-refractivity contribution in [3.05, 3.63) is 43.5 Å². The van der Waals surface area contributed by atoms with E-state index >= 15 is 0 Å². The number of aryl methyl sites for hydroxylation is 4. The first kappa shape index (κ1) is 17.4. The third kappa shape index (κ3) is 3.21. The molecule has 0 aliphatic heterocycles. The van der Waals surface area contributed by atoms with E-state index in [9.17, 15) is 9.59 Å². The predicted octanol–water partition coefficient (Wildman–Crippen LogP) is 2.76. The lowest BCUT2D eigenvalue weighted by Gasteiger charge is -2.13. The molecule has 4 rings (SSSR count). The molecular weight excluding hydrogens is 418 g/mol. The largest absolute Gasteiger partial charge is 0.281 e. The van der Waals surface area contributed by atoms with Crippen LogP contribution >= 0.6 is 27.3 Å². The Morgan fingerprint density at radius 2 is 2.19 bits per heavy atom. The summed E-state index contributed by atoms with van der Waals surface area (Å²) in [7, 11) is 0. The van der Waals surface area contributed by atoms with Crippen molar-refractivity contribution in [3.8, 4) is 0 Å². The van der Waals surface area contributed by atoms with E-state index in [0.29, 0.717) is 17.8 Å². The highest BCUT2D eigenvalue weighted by Crippen LogP contribution is 2.33. The van der Waals surface area contributed by atoms with Crippen molar-refractivity contribution in [2.45, 2.75) is 45.6 Å². The van der Waals surface area contributed by atoms with Crippen LogP contribution in [0.25, 0.3) is 10.2 Å². The number of hydrogen-bond donors (Lipinski definition) is 1. The van der Waals surface area contributed by atoms with Gasteiger partial charge in [-0.05, 0) is 54.1 Å². The standard InChI is InChI=1S/C17H18BrN5O2S/c1-10-20-16-15(12-4-2-3-5-13(12)26-16)17(25)23(10)21-14(24)6-7-22-9-11(18)8-19-22/h8-9H,2-7H2,1H3,(H,21,24). The van der Waals surface area contributed by atoms with E-state index in [1.165, 1.54) is 9.55 Å². The summed E-state index contributed by atoms with van der Waals surface area (Å²) in [5.41, 5.74) is 3.64. The molecule has 136 valence electrons. The number of hydrogen-bond acceptors (Lipinski definition) is 5. The third-order valence-electron chi connectivity index (χ3n) is 4.56. The van der Waals surface area contributed by atoms with Crippen molar-refractivity contribution in [1.29, 1.82) is 0 Å². The van der Waals surface area contributed by atoms with Crippen molar-refractivity contribution < 1.29 is 4.79 Å². The van der Waals surface area contributed by atoms with Crippen molar-refractivity contribution in [2.75, 3.05) is 5.43 Å². The lowest BCUT2D eigenvalue weighted by molar-refractivity contribution is -0.117. The summed E-state index contributed by atoms with van der Waals surface area (Å²) in [4.78, 5) is 31.9. The number of carbonyl (C=O) groups is 1. The Hall–Kier alpha value is -2.00. The number of carbonyl (C=O) groups excluding carboxylic acids is 1. The van der Waals surface area contributed by atoms with Gasteiger partial charge in [0.25, 0.3) is 5.56 Å². The lowest BCUT2D eigenvalue weighted by atomic mass is 9.97. The van der Waals surface area contributed by atoms with E-state index in [1.807, 2.05) is 0 Å². The first-order chi connectivity index (χ1) is 12.5. The molecule has 0 aromatic carbocycles. The average Bonchev–Trinajstić information content (AvgIpc) is 3.19. The first-order valence-corrected chi connectivity index (χ1v) is 10.2. The topological polar surface area (TPSA) is 81.8 Å². The first-order valence-electron chi connectivity index (χ1n) is 8.54. The molecular formula is C17H18BrN5O2S. The quantitative estimate of drug-likeness (QED) is 0.682. The average molecular weight is 436 g/mol. The van der Waals surface area contributed by atoms with E-state index in [4.69, 9.17) is 0 Å². The predicted molar refractivity (Wildman–Crippen MR) is 104 cm³/mol. The van der Waals surface area contributed by atoms with E-state index in [1.54, 1.807) is 35.3 Å². The number of aromatic nitrogens is 4. The number of amides is 1. The van der Waals surface area contributed by atoms with Crippen molar-refractivity contribution >= 4 is 43.4 Å². The van der Waals surface area contributed by atoms with Crippen molar-refractivity contribution in [1.82, 2.24) is 19.4 Å². The van der Waals surface area contributed by atoms with Gasteiger partial charge in [-0.1, -0.05) is 0 Å². The van der Waals surface area contributed by atoms with Gasteiger partial charge in [-0.25, -0.2) is 9.66 Å². The molecule has 0 atom stereocenters. The van der Waals surface area contributed by atoms with Crippen LogP contribution in [-0.2, 0) is 24.2 Å². The molecule has 0 spiro atoms. The van der Waals surface area contributed by atoms with Crippen molar-refractivity contribution in [3.63, 3.8) is 0 Å². The Labute approximate surface area is 162 Å². The van der Waals surface area contributed by atoms with Gasteiger partial charge in [0.05, 0.1) is 16.1 Å². The molecule has 3 aromatic rings. The Balaban J connectivity index is 1.59. The number of thiophene rings is 1. The highest BCUT2D eigenvalue weighted by Gasteiger charge is 2.21. The highest BCUT2D eigenvalue weighted by atomic mass is 79.9. The van der Waals surface area contributed by atoms with Gasteiger partial charge in [-0.15, -0.1) is 11.3 Å². The monoisotopic (exact) mass is 435 g/mol. The number of fused-ring (bicyclic) bond motifs is 3. The van der Waals surface area contributed by atoms with Crippen LogP contribution in [-0.4, -0.2) is 25.3 Å². The molecule has 3 aromatic heterocycles. The second-order valence-corrected chi connectivity index (χ2v) is 8.40. The maximum absolute atomic E-state index is 13.0. The highest BCUT2D eigenvalue weighted by molar-refractivity contribution is 9.10. The maximum Gasteiger partial charge on any atom is 0.281 e. The molecule has 7 nitrogen and oxygen atoms in total. The number of rotatable bonds is 4. The van der Waals surface area contributed by atoms with Crippen LogP contribution in [0.5, 0.6) is 0 Å². The van der Waals surface area contributed by atoms with E-state index in [0.717, 1.165) is 40.5 Å². The van der Waals surface area contributed by atoms with Crippen LogP contribution in [0.15, 0.2) is 21.7 Å². The minimum absolute atomic E-state index is 0.179. The smallest absolute Gasteiger partial charge is 0.273 e. The summed E-state index contributed by atoms with van der Waals surface area (Å²) in [6.07, 6.45) is 7.88. The molecule has 1 aliphatic rings. The van der Waals surface area contributed by atoms with Crippen LogP contribution in [0.1, 0.15) is 35.5 Å². The van der Waals surface area contributed by atoms with Crippen LogP contribution < -0.4 is 11.0 Å². The van der Waals surface area contributed by atoms with Gasteiger partial charge in [0.15, 0.2) is 0 Å². The lowest BCUT2D eigenvalue weighted by Crippen LogP contribution is -2.36. The summed E-state index contributed by atoms with van der Waals surface area (Å²) in [6.45, 7) is 2.18. The van der Waals surface area contributed by atoms with Crippen LogP contribution in [0, 0.1) is 6.92 Å². The molecule has 9 heteroatoms. The van der Waals surface area contributed by atoms with E-state index in [2.05, 4.69) is 31.4 Å². The fourth-order valence-electron chi connectivity index (χ4n) is 3.30. The SMILES string of the molecule is Cc1nc2sc3c(c2c(=O)n1NC(=O)CCn1cc(Br)cn1)CCCC3. The third-order valence-corrected chi connectivity index (χ3v) is 6.16. The van der Waals surface area contributed by atoms with Crippen LogP contribution in [0.3, 0.4) is 0 Å². The molecule has 1 N–H and O–H groups in total. The summed E-state index contributed by atoms with van der Waals surface area (Å²) in [5.74, 6) is 0.253. The second-order valence-electron chi connectivity index (χ2n) is 6.40. The molecule has 0 radical (unpaired) electrons. The zero-order chi connectivity index (χ0) is 18.3. The molecule has 0 fully saturated rings. The molecule has 0 bridgehead atoms. The van der Waals surface area contributed by atoms with Gasteiger partial charge >= 0.3 is 0 Å². The van der Waals surface area contributed by atoms with Gasteiger partial charge in [-0.2, -0.15) is 5.10 Å². The zero-order valence-electron chi connectivity index (χ0n) is 14.3. The van der Waals surface area contributed by atoms with Gasteiger partial charge < -0.3 is 0 Å². The fraction of sp³-hybridized carbons (Fsp3) is 0.412. The minimum Gasteiger partial charge on any atom is -0.273 e. The Morgan fingerprint density at radius 1 is 1.38 bits per heavy atom. The molecule has 0 saturated heterocycles. The van der Waals surface area contributed by atoms with Crippen molar-refractivity contribution in [2.24, 2.45) is 0 Å². The van der Waals surface area contributed by atoms with E-state index < -0.39 is 0 Å². The van der Waals surface area contributed by atoms with Gasteiger partial charge in [0, 0.05) is 24.0 Å². The molecule has 0 unspecified atom stereocenters. The molecule has 0 saturated carbocycles. The van der Waals surface area contributed by atoms with Crippen LogP contribution in [0.2, 0.25) is 0 Å². The summed E-state index contributed by atoms with van der Waals surface area (Å²) in [6, 6.07) is 0. The van der Waals surface area contributed by atoms with Gasteiger partial charge in [0.1, 0.15) is 10.7 Å². The second kappa shape index (κ2) is 6.96. The molecule has 3 heterocycles. The normalized spacial score (nSPS) is 13.8. The summed E-state index contributed by atoms with van der Waals surface area (Å²) >= 11 is 4.94. The van der Waals surface area contributed by atoms with Crippen LogP contribution in [0.4, 0.5) is 0 Å². The minimum atomic E-state index is -0.243. The summed E-state index contributed by atoms with van der Waals surface area (Å²) < 4.78 is 3.82. The van der Waals surface area contributed by atoms with Gasteiger partial charge in [-0.3, -0.25) is 19.7 Å². The number of halogens is 1. The number of nitrogens with zero attached hydrogens (tertiary/aromatic N) is 4. The fourth-order valence-corrected chi connectivity index (χ4v) is 4.92. The Kier molecular flexibility index (Phi) is 4.66. The number of nitrogens with one attached hydrogen (secondary N) is 1. The maximum atomic E-state index is 13.0. The zero-order valence-corrected chi connectivity index (χ0v) is 16.7. The molecule has 1 amide bonds. The van der Waals surface area contributed by atoms with E-state index in [-0.39, 0.29) is 17.9 Å². The Morgan fingerprint density at radius 3 is 2.96 bits per heavy atom.